The average molecular weight is 330 g/mol. The third-order valence-electron chi connectivity index (χ3n) is 4.47. The summed E-state index contributed by atoms with van der Waals surface area (Å²) >= 11 is 0. The number of nitrogens with zero attached hydrogens (tertiary/aromatic N) is 1. The highest BCUT2D eigenvalue weighted by atomic mass is 16.7. The van der Waals surface area contributed by atoms with Gasteiger partial charge in [-0.2, -0.15) is 0 Å². The molecule has 1 fully saturated rings. The van der Waals surface area contributed by atoms with Crippen LogP contribution in [0.3, 0.4) is 0 Å². The van der Waals surface area contributed by atoms with Gasteiger partial charge in [-0.05, 0) is 62.7 Å². The van der Waals surface area contributed by atoms with E-state index in [9.17, 15) is 4.79 Å². The molecule has 0 unspecified atom stereocenters. The molecule has 0 aromatic heterocycles. The van der Waals surface area contributed by atoms with Gasteiger partial charge in [-0.25, -0.2) is 0 Å². The van der Waals surface area contributed by atoms with Crippen molar-refractivity contribution in [1.82, 2.24) is 10.2 Å². The molecule has 1 aromatic rings. The van der Waals surface area contributed by atoms with Crippen molar-refractivity contribution >= 4 is 12.0 Å². The number of hydrogen-bond acceptors (Lipinski definition) is 4. The molecular formula is C19H26N2O3. The van der Waals surface area contributed by atoms with Gasteiger partial charge in [-0.1, -0.05) is 18.9 Å². The maximum Gasteiger partial charge on any atom is 0.243 e. The Morgan fingerprint density at radius 1 is 1.12 bits per heavy atom. The van der Waals surface area contributed by atoms with Gasteiger partial charge in [0.05, 0.1) is 0 Å². The summed E-state index contributed by atoms with van der Waals surface area (Å²) in [4.78, 5) is 14.4. The minimum atomic E-state index is -0.0523. The third kappa shape index (κ3) is 4.99. The molecule has 0 bridgehead atoms. The van der Waals surface area contributed by atoms with E-state index in [0.29, 0.717) is 0 Å². The Balaban J connectivity index is 1.36. The molecule has 0 saturated carbocycles. The highest BCUT2D eigenvalue weighted by molar-refractivity contribution is 5.91. The second kappa shape index (κ2) is 8.73. The smallest absolute Gasteiger partial charge is 0.243 e. The molecule has 1 saturated heterocycles. The van der Waals surface area contributed by atoms with Gasteiger partial charge in [-0.3, -0.25) is 4.79 Å². The van der Waals surface area contributed by atoms with E-state index in [1.165, 1.54) is 38.8 Å². The highest BCUT2D eigenvalue weighted by Crippen LogP contribution is 2.32. The van der Waals surface area contributed by atoms with Crippen LogP contribution in [0.1, 0.15) is 37.7 Å². The highest BCUT2D eigenvalue weighted by Gasteiger charge is 2.12. The molecule has 1 N–H and O–H groups in total. The molecule has 1 aromatic carbocycles. The summed E-state index contributed by atoms with van der Waals surface area (Å²) in [5.41, 5.74) is 0.930. The molecule has 3 rings (SSSR count). The van der Waals surface area contributed by atoms with Crippen molar-refractivity contribution in [2.75, 3.05) is 33.0 Å². The molecular weight excluding hydrogens is 304 g/mol. The van der Waals surface area contributed by atoms with Crippen LogP contribution in [0.5, 0.6) is 11.5 Å². The van der Waals surface area contributed by atoms with Crippen LogP contribution in [0.4, 0.5) is 0 Å². The molecule has 5 heteroatoms. The van der Waals surface area contributed by atoms with Gasteiger partial charge in [0.25, 0.3) is 0 Å². The maximum atomic E-state index is 11.9. The van der Waals surface area contributed by atoms with Crippen molar-refractivity contribution in [2.24, 2.45) is 0 Å². The summed E-state index contributed by atoms with van der Waals surface area (Å²) < 4.78 is 10.6. The number of benzene rings is 1. The van der Waals surface area contributed by atoms with Crippen molar-refractivity contribution in [3.05, 3.63) is 29.8 Å². The molecule has 0 radical (unpaired) electrons. The Hall–Kier alpha value is -2.01. The largest absolute Gasteiger partial charge is 0.454 e. The maximum absolute atomic E-state index is 11.9. The number of carbonyl (C=O) groups excluding carboxylic acids is 1. The van der Waals surface area contributed by atoms with Crippen LogP contribution >= 0.6 is 0 Å². The van der Waals surface area contributed by atoms with Gasteiger partial charge in [-0.15, -0.1) is 0 Å². The number of rotatable bonds is 6. The molecule has 1 amide bonds. The molecule has 5 nitrogen and oxygen atoms in total. The normalized spacial score (nSPS) is 17.8. The third-order valence-corrected chi connectivity index (χ3v) is 4.47. The minimum absolute atomic E-state index is 0.0523. The summed E-state index contributed by atoms with van der Waals surface area (Å²) in [6, 6.07) is 5.66. The Bertz CT molecular complexity index is 578. The van der Waals surface area contributed by atoms with E-state index in [1.54, 1.807) is 12.2 Å². The first kappa shape index (κ1) is 16.8. The standard InChI is InChI=1S/C19H26N2O3/c22-19(20-10-5-13-21-11-3-1-2-4-12-21)9-7-16-6-8-17-18(14-16)24-15-23-17/h6-9,14H,1-5,10-13,15H2,(H,20,22)/b9-7+. The molecule has 24 heavy (non-hydrogen) atoms. The minimum Gasteiger partial charge on any atom is -0.454 e. The Labute approximate surface area is 143 Å². The lowest BCUT2D eigenvalue weighted by Gasteiger charge is -2.19. The van der Waals surface area contributed by atoms with Gasteiger partial charge in [0.1, 0.15) is 0 Å². The lowest BCUT2D eigenvalue weighted by atomic mass is 10.2. The second-order valence-electron chi connectivity index (χ2n) is 6.35. The summed E-state index contributed by atoms with van der Waals surface area (Å²) in [5.74, 6) is 1.43. The zero-order valence-corrected chi connectivity index (χ0v) is 14.1. The summed E-state index contributed by atoms with van der Waals surface area (Å²) in [6.07, 6.45) is 9.71. The zero-order chi connectivity index (χ0) is 16.6. The first-order valence-electron chi connectivity index (χ1n) is 8.89. The SMILES string of the molecule is O=C(/C=C/c1ccc2c(c1)OCO2)NCCCN1CCCCCC1. The summed E-state index contributed by atoms with van der Waals surface area (Å²) in [6.45, 7) is 4.48. The van der Waals surface area contributed by atoms with Gasteiger partial charge in [0, 0.05) is 12.6 Å². The predicted molar refractivity (Wildman–Crippen MR) is 94.1 cm³/mol. The fraction of sp³-hybridized carbons (Fsp3) is 0.526. The monoisotopic (exact) mass is 330 g/mol. The van der Waals surface area contributed by atoms with Crippen molar-refractivity contribution < 1.29 is 14.3 Å². The van der Waals surface area contributed by atoms with E-state index in [1.807, 2.05) is 18.2 Å². The number of fused-ring (bicyclic) bond motifs is 1. The molecule has 2 heterocycles. The predicted octanol–water partition coefficient (Wildman–Crippen LogP) is 2.81. The number of carbonyl (C=O) groups is 1. The fourth-order valence-corrected chi connectivity index (χ4v) is 3.12. The molecule has 2 aliphatic rings. The van der Waals surface area contributed by atoms with Gasteiger partial charge < -0.3 is 19.7 Å². The Kier molecular flexibility index (Phi) is 6.13. The summed E-state index contributed by atoms with van der Waals surface area (Å²) in [5, 5.41) is 2.95. The van der Waals surface area contributed by atoms with Crippen LogP contribution < -0.4 is 14.8 Å². The lowest BCUT2D eigenvalue weighted by molar-refractivity contribution is -0.116. The van der Waals surface area contributed by atoms with Gasteiger partial charge >= 0.3 is 0 Å². The van der Waals surface area contributed by atoms with Crippen LogP contribution in [0, 0.1) is 0 Å². The van der Waals surface area contributed by atoms with E-state index in [-0.39, 0.29) is 12.7 Å². The van der Waals surface area contributed by atoms with E-state index in [4.69, 9.17) is 9.47 Å². The quantitative estimate of drug-likeness (QED) is 0.644. The number of nitrogens with one attached hydrogen (secondary N) is 1. The summed E-state index contributed by atoms with van der Waals surface area (Å²) in [7, 11) is 0. The van der Waals surface area contributed by atoms with Crippen molar-refractivity contribution in [3.8, 4) is 11.5 Å². The Morgan fingerprint density at radius 3 is 2.75 bits per heavy atom. The fourth-order valence-electron chi connectivity index (χ4n) is 3.12. The first-order valence-corrected chi connectivity index (χ1v) is 8.89. The van der Waals surface area contributed by atoms with Gasteiger partial charge in [0.15, 0.2) is 11.5 Å². The molecule has 0 atom stereocenters. The number of likely N-dealkylation sites (tertiary alicyclic amines) is 1. The van der Waals surface area contributed by atoms with Crippen molar-refractivity contribution in [1.29, 1.82) is 0 Å². The topological polar surface area (TPSA) is 50.8 Å². The number of hydrogen-bond donors (Lipinski definition) is 1. The van der Waals surface area contributed by atoms with Crippen LogP contribution in [0.15, 0.2) is 24.3 Å². The Morgan fingerprint density at radius 2 is 1.92 bits per heavy atom. The van der Waals surface area contributed by atoms with E-state index in [2.05, 4.69) is 10.2 Å². The van der Waals surface area contributed by atoms with Gasteiger partial charge in [0.2, 0.25) is 12.7 Å². The molecule has 130 valence electrons. The number of ether oxygens (including phenoxy) is 2. The zero-order valence-electron chi connectivity index (χ0n) is 14.1. The van der Waals surface area contributed by atoms with E-state index >= 15 is 0 Å². The van der Waals surface area contributed by atoms with Crippen LogP contribution in [0.2, 0.25) is 0 Å². The molecule has 0 aliphatic carbocycles. The van der Waals surface area contributed by atoms with Crippen molar-refractivity contribution in [3.63, 3.8) is 0 Å². The van der Waals surface area contributed by atoms with Crippen molar-refractivity contribution in [2.45, 2.75) is 32.1 Å². The van der Waals surface area contributed by atoms with Crippen LogP contribution in [-0.4, -0.2) is 43.8 Å². The lowest BCUT2D eigenvalue weighted by Crippen LogP contribution is -2.29. The number of amides is 1. The first-order chi connectivity index (χ1) is 11.8. The van der Waals surface area contributed by atoms with E-state index < -0.39 is 0 Å². The van der Waals surface area contributed by atoms with Crippen LogP contribution in [-0.2, 0) is 4.79 Å². The molecule has 0 spiro atoms. The average Bonchev–Trinajstić information content (AvgIpc) is 2.91. The van der Waals surface area contributed by atoms with E-state index in [0.717, 1.165) is 36.6 Å². The second-order valence-corrected chi connectivity index (χ2v) is 6.35. The molecule has 2 aliphatic heterocycles. The van der Waals surface area contributed by atoms with Crippen LogP contribution in [0.25, 0.3) is 6.08 Å².